The molecule has 2 aromatic rings. The summed E-state index contributed by atoms with van der Waals surface area (Å²) in [6, 6.07) is -0.820. The summed E-state index contributed by atoms with van der Waals surface area (Å²) in [5.41, 5.74) is 7.81. The lowest BCUT2D eigenvalue weighted by atomic mass is 10.1. The van der Waals surface area contributed by atoms with E-state index in [1.807, 2.05) is 0 Å². The molecule has 0 unspecified atom stereocenters. The first kappa shape index (κ1) is 35.0. The predicted molar refractivity (Wildman–Crippen MR) is 158 cm³/mol. The molecule has 2 heterocycles. The molecule has 1 aliphatic carbocycles. The van der Waals surface area contributed by atoms with E-state index in [9.17, 15) is 14.2 Å². The van der Waals surface area contributed by atoms with Crippen molar-refractivity contribution in [1.29, 1.82) is 0 Å². The summed E-state index contributed by atoms with van der Waals surface area (Å²) in [5.74, 6) is 0.349. The summed E-state index contributed by atoms with van der Waals surface area (Å²) in [5, 5.41) is 11.4. The van der Waals surface area contributed by atoms with Gasteiger partial charge in [-0.3, -0.25) is 9.13 Å². The molecule has 2 aromatic heterocycles. The lowest BCUT2D eigenvalue weighted by Crippen LogP contribution is -2.32. The number of aromatic nitrogens is 4. The Morgan fingerprint density at radius 1 is 0.857 bits per heavy atom. The Hall–Kier alpha value is -1.47. The number of aliphatic hydroxyl groups is 1. The number of hydrogen-bond acceptors (Lipinski definition) is 13. The number of rotatable bonds is 19. The van der Waals surface area contributed by atoms with Crippen LogP contribution in [0, 0.1) is 0 Å². The molecule has 0 radical (unpaired) electrons. The summed E-state index contributed by atoms with van der Waals surface area (Å²) < 4.78 is 62.0. The van der Waals surface area contributed by atoms with Gasteiger partial charge in [0.2, 0.25) is 5.95 Å². The number of nitrogens with zero attached hydrogens (tertiary/aromatic N) is 4. The molecule has 16 heteroatoms. The van der Waals surface area contributed by atoms with Gasteiger partial charge in [-0.15, -0.1) is 0 Å². The maximum absolute atomic E-state index is 13.3. The molecular weight excluding hydrogens is 588 g/mol. The van der Waals surface area contributed by atoms with Gasteiger partial charge in [-0.05, 0) is 68.2 Å². The van der Waals surface area contributed by atoms with E-state index in [0.29, 0.717) is 11.2 Å². The Morgan fingerprint density at radius 2 is 1.33 bits per heavy atom. The van der Waals surface area contributed by atoms with Crippen molar-refractivity contribution in [2.24, 2.45) is 0 Å². The van der Waals surface area contributed by atoms with Crippen molar-refractivity contribution >= 4 is 32.3 Å². The average Bonchev–Trinajstić information content (AvgIpc) is 3.59. The fraction of sp³-hybridized carbons (Fsp3) is 0.808. The first-order valence-corrected chi connectivity index (χ1v) is 17.8. The molecule has 0 saturated heterocycles. The number of anilines is 1. The van der Waals surface area contributed by atoms with Crippen LogP contribution >= 0.6 is 15.2 Å². The SMILES string of the molecule is CC(C)OP(=O)(COC[C@H]([C@@H](O)COCP(=O)(OC(C)C)OC(C)C)n1cnc2c(C3CC3)nc(N)nc21)OC(C)C. The van der Waals surface area contributed by atoms with Crippen LogP contribution in [-0.2, 0) is 36.7 Å². The summed E-state index contributed by atoms with van der Waals surface area (Å²) >= 11 is 0. The lowest BCUT2D eigenvalue weighted by Gasteiger charge is -2.27. The van der Waals surface area contributed by atoms with Crippen molar-refractivity contribution in [3.05, 3.63) is 12.0 Å². The summed E-state index contributed by atoms with van der Waals surface area (Å²) in [6.07, 6.45) is 0.165. The molecule has 0 aliphatic heterocycles. The fourth-order valence-electron chi connectivity index (χ4n) is 4.35. The third-order valence-electron chi connectivity index (χ3n) is 5.79. The van der Waals surface area contributed by atoms with Gasteiger partial charge in [0.05, 0.1) is 55.7 Å². The highest BCUT2D eigenvalue weighted by atomic mass is 31.2. The molecule has 0 bridgehead atoms. The van der Waals surface area contributed by atoms with Gasteiger partial charge in [0.1, 0.15) is 24.3 Å². The second-order valence-corrected chi connectivity index (χ2v) is 15.3. The van der Waals surface area contributed by atoms with Crippen LogP contribution in [0.2, 0.25) is 0 Å². The monoisotopic (exact) mass is 635 g/mol. The van der Waals surface area contributed by atoms with Crippen LogP contribution in [-0.4, -0.2) is 81.1 Å². The Kier molecular flexibility index (Phi) is 12.5. The van der Waals surface area contributed by atoms with Crippen LogP contribution in [0.3, 0.4) is 0 Å². The molecule has 1 saturated carbocycles. The van der Waals surface area contributed by atoms with Crippen LogP contribution in [0.5, 0.6) is 0 Å². The maximum Gasteiger partial charge on any atom is 0.356 e. The van der Waals surface area contributed by atoms with Gasteiger partial charge < -0.3 is 43.0 Å². The third kappa shape index (κ3) is 10.3. The Morgan fingerprint density at radius 3 is 1.79 bits per heavy atom. The van der Waals surface area contributed by atoms with Gasteiger partial charge in [0.25, 0.3) is 0 Å². The fourth-order valence-corrected chi connectivity index (χ4v) is 7.93. The minimum Gasteiger partial charge on any atom is -0.388 e. The molecule has 3 rings (SSSR count). The number of ether oxygens (including phenoxy) is 2. The second-order valence-electron chi connectivity index (χ2n) is 11.5. The van der Waals surface area contributed by atoms with Gasteiger partial charge in [0, 0.05) is 5.92 Å². The van der Waals surface area contributed by atoms with Gasteiger partial charge in [0.15, 0.2) is 5.65 Å². The summed E-state index contributed by atoms with van der Waals surface area (Å²) in [4.78, 5) is 13.3. The first-order valence-electron chi connectivity index (χ1n) is 14.4. The van der Waals surface area contributed by atoms with Crippen LogP contribution in [0.15, 0.2) is 6.33 Å². The molecule has 1 fully saturated rings. The van der Waals surface area contributed by atoms with Crippen LogP contribution < -0.4 is 5.73 Å². The molecule has 2 atom stereocenters. The quantitative estimate of drug-likeness (QED) is 0.192. The minimum atomic E-state index is -3.61. The van der Waals surface area contributed by atoms with E-state index in [0.717, 1.165) is 18.5 Å². The number of nitrogen functional groups attached to an aromatic ring is 1. The molecular formula is C26H47N5O9P2. The van der Waals surface area contributed by atoms with E-state index < -0.39 is 27.3 Å². The predicted octanol–water partition coefficient (Wildman–Crippen LogP) is 5.22. The van der Waals surface area contributed by atoms with Crippen molar-refractivity contribution in [3.63, 3.8) is 0 Å². The molecule has 240 valence electrons. The highest BCUT2D eigenvalue weighted by Crippen LogP contribution is 2.51. The largest absolute Gasteiger partial charge is 0.388 e. The molecule has 14 nitrogen and oxygen atoms in total. The highest BCUT2D eigenvalue weighted by Gasteiger charge is 2.34. The number of nitrogens with two attached hydrogens (primary N) is 1. The number of fused-ring (bicyclic) bond motifs is 1. The second kappa shape index (κ2) is 15.0. The summed E-state index contributed by atoms with van der Waals surface area (Å²) in [6.45, 7) is 13.6. The number of aliphatic hydroxyl groups excluding tert-OH is 1. The van der Waals surface area contributed by atoms with E-state index in [1.54, 1.807) is 60.0 Å². The first-order chi connectivity index (χ1) is 19.6. The van der Waals surface area contributed by atoms with Crippen LogP contribution in [0.25, 0.3) is 11.2 Å². The molecule has 1 aliphatic rings. The van der Waals surface area contributed by atoms with Crippen molar-refractivity contribution in [3.8, 4) is 0 Å². The average molecular weight is 636 g/mol. The molecule has 0 amide bonds. The van der Waals surface area contributed by atoms with Crippen molar-refractivity contribution < 1.29 is 41.8 Å². The molecule has 42 heavy (non-hydrogen) atoms. The standard InChI is InChI=1S/C26H47N5O9P2/c1-16(2)37-41(33,38-17(3)4)14-35-11-21(22(32)12-36-15-42(34,39-18(5)6)40-19(7)8)31-13-28-24-23(20-9-10-20)29-26(27)30-25(24)31/h13,16-22,32H,9-12,14-15H2,1-8H3,(H2,27,29,30)/t21-,22+/m1/s1. The van der Waals surface area contributed by atoms with Gasteiger partial charge >= 0.3 is 15.2 Å². The van der Waals surface area contributed by atoms with E-state index >= 15 is 0 Å². The zero-order valence-electron chi connectivity index (χ0n) is 25.8. The number of hydrogen-bond donors (Lipinski definition) is 2. The topological polar surface area (TPSA) is 179 Å². The minimum absolute atomic E-state index is 0.0920. The van der Waals surface area contributed by atoms with Crippen molar-refractivity contribution in [1.82, 2.24) is 19.5 Å². The third-order valence-corrected chi connectivity index (χ3v) is 9.76. The van der Waals surface area contributed by atoms with Crippen LogP contribution in [0.4, 0.5) is 5.95 Å². The van der Waals surface area contributed by atoms with Crippen molar-refractivity contribution in [2.45, 2.75) is 111 Å². The van der Waals surface area contributed by atoms with Crippen molar-refractivity contribution in [2.75, 3.05) is 31.6 Å². The van der Waals surface area contributed by atoms with Crippen LogP contribution in [0.1, 0.15) is 85.9 Å². The van der Waals surface area contributed by atoms with E-state index in [2.05, 4.69) is 15.0 Å². The molecule has 3 N–H and O–H groups in total. The van der Waals surface area contributed by atoms with Gasteiger partial charge in [-0.2, -0.15) is 4.98 Å². The number of imidazole rings is 1. The molecule has 0 aromatic carbocycles. The Bertz CT molecular complexity index is 1220. The normalized spacial score (nSPS) is 16.4. The Balaban J connectivity index is 1.84. The zero-order valence-corrected chi connectivity index (χ0v) is 27.6. The van der Waals surface area contributed by atoms with Gasteiger partial charge in [-0.1, -0.05) is 0 Å². The van der Waals surface area contributed by atoms with E-state index in [4.69, 9.17) is 33.3 Å². The van der Waals surface area contributed by atoms with E-state index in [-0.39, 0.29) is 62.2 Å². The smallest absolute Gasteiger partial charge is 0.356 e. The Labute approximate surface area is 248 Å². The zero-order chi connectivity index (χ0) is 31.2. The summed E-state index contributed by atoms with van der Waals surface area (Å²) in [7, 11) is -7.21. The lowest BCUT2D eigenvalue weighted by molar-refractivity contribution is -0.0122. The van der Waals surface area contributed by atoms with Gasteiger partial charge in [-0.25, -0.2) is 9.97 Å². The molecule has 0 spiro atoms. The maximum atomic E-state index is 13.3. The van der Waals surface area contributed by atoms with E-state index in [1.165, 1.54) is 6.33 Å². The highest BCUT2D eigenvalue weighted by molar-refractivity contribution is 7.53.